The second kappa shape index (κ2) is 44.8. The first-order valence-corrected chi connectivity index (χ1v) is 44.4. The Balaban J connectivity index is 0.000000136. The Hall–Kier alpha value is -12.2. The van der Waals surface area contributed by atoms with Crippen LogP contribution < -0.4 is 22.4 Å². The summed E-state index contributed by atoms with van der Waals surface area (Å²) in [7, 11) is -0.325. The van der Waals surface area contributed by atoms with E-state index in [0.29, 0.717) is 29.1 Å². The van der Waals surface area contributed by atoms with Crippen LogP contribution in [0.3, 0.4) is 0 Å². The zero-order chi connectivity index (χ0) is 88.6. The number of fused-ring (bicyclic) bond motifs is 8. The van der Waals surface area contributed by atoms with Gasteiger partial charge in [-0.1, -0.05) is 295 Å². The molecule has 0 N–H and O–H groups in total. The van der Waals surface area contributed by atoms with Crippen molar-refractivity contribution < 1.29 is 31.0 Å². The molecule has 0 bridgehead atoms. The molecule has 2 fully saturated rings. The third kappa shape index (κ3) is 24.2. The fourth-order valence-corrected chi connectivity index (χ4v) is 16.0. The molecule has 7 heterocycles. The molecule has 0 atom stereocenters. The number of hydrogen-bond donors (Lipinski definition) is 0. The Morgan fingerprint density at radius 2 is 0.576 bits per heavy atom. The van der Waals surface area contributed by atoms with Crippen LogP contribution in [0.1, 0.15) is 40.5 Å². The van der Waals surface area contributed by atoms with Crippen LogP contribution in [-0.2, 0) is 14.0 Å². The van der Waals surface area contributed by atoms with Crippen LogP contribution >= 0.6 is 62.3 Å². The first-order valence-electron chi connectivity index (χ1n) is 42.1. The fourth-order valence-electron chi connectivity index (χ4n) is 14.8. The molecule has 23 rings (SSSR count). The number of rotatable bonds is 8. The second-order valence-electron chi connectivity index (χ2n) is 31.7. The summed E-state index contributed by atoms with van der Waals surface area (Å²) >= 11 is 25.6. The maximum absolute atomic E-state index is 6.22. The van der Waals surface area contributed by atoms with Gasteiger partial charge in [0.1, 0.15) is 0 Å². The van der Waals surface area contributed by atoms with E-state index in [1.54, 1.807) is 0 Å². The van der Waals surface area contributed by atoms with Gasteiger partial charge in [-0.25, -0.2) is 19.9 Å². The van der Waals surface area contributed by atoms with Gasteiger partial charge in [-0.2, -0.15) is 49.2 Å². The van der Waals surface area contributed by atoms with Crippen LogP contribution in [0.4, 0.5) is 0 Å². The Labute approximate surface area is 823 Å². The van der Waals surface area contributed by atoms with Gasteiger partial charge in [-0.3, -0.25) is 9.97 Å². The standard InChI is InChI=1S/C38H24N4.C23H14ClN3.C21H22BNO2.C10H7Br.C10H7.C4H8O.C3Cl3N3.B.BrH.Mg/c1-3-9-29-21-32(19-15-25(29)7-1)37-40-36(41-38(42-37)33-20-16-26-8-2-4-10-30(26)22-33)28-17-13-27(14-18-28)34-23-31-11-5-6-12-35(31)39-24-34;24-23-26-21(19-11-9-15-5-1-3-7-17(15)13-19)25-22(27-23)20-12-10-16-6-2-4-8-18(16)14-20;1-20(2)21(3,4)25-22(24-20)18-11-9-15(10-12-18)17-13-16-7-5-6-8-19(16)23-14-17;11-10-6-5-8-3-1-2-4-9(8)7-10;1-2-6-10-8-4-3-7-9(10)5-1;1-2-4-5-3-1;4-1-7-2(5)9-3(6)8-1;;;/h1-24H;1-14H;5-14H,1-4H3;1-7H;1-3,5-8H;1-4H2;;;1H;/q;;;;-1;;;;;+2/p-1. The number of para-hydroxylation sites is 2. The normalized spacial score (nSPS) is 12.6. The molecule has 2 saturated heterocycles. The minimum absolute atomic E-state index is 0. The fraction of sp³-hybridized carbons (Fsp3) is 0.0917. The Kier molecular flexibility index (Phi) is 32.6. The molecule has 2 aliphatic heterocycles. The van der Waals surface area contributed by atoms with E-state index in [-0.39, 0.29) is 87.9 Å². The number of benzene rings is 16. The quantitative estimate of drug-likeness (QED) is 0.104. The van der Waals surface area contributed by atoms with Crippen molar-refractivity contribution in [3.63, 3.8) is 0 Å². The molecule has 641 valence electrons. The second-order valence-corrected chi connectivity index (χ2v) is 33.9. The summed E-state index contributed by atoms with van der Waals surface area (Å²) in [6, 6.07) is 127. The van der Waals surface area contributed by atoms with Crippen LogP contribution in [-0.4, -0.2) is 118 Å². The van der Waals surface area contributed by atoms with Crippen molar-refractivity contribution in [1.82, 2.24) is 54.8 Å². The molecule has 16 aromatic carbocycles. The number of ether oxygens (including phenoxy) is 1. The van der Waals surface area contributed by atoms with Gasteiger partial charge in [0, 0.05) is 88.2 Å². The van der Waals surface area contributed by atoms with Gasteiger partial charge in [-0.05, 0) is 218 Å². The van der Waals surface area contributed by atoms with Gasteiger partial charge in [0.2, 0.25) is 21.1 Å². The zero-order valence-corrected chi connectivity index (χ0v) is 80.0. The van der Waals surface area contributed by atoms with Crippen molar-refractivity contribution in [2.45, 2.75) is 51.7 Å². The van der Waals surface area contributed by atoms with E-state index in [2.05, 4.69) is 356 Å². The summed E-state index contributed by atoms with van der Waals surface area (Å²) < 4.78 is 18.3. The molecule has 0 unspecified atom stereocenters. The molecule has 5 aromatic heterocycles. The van der Waals surface area contributed by atoms with Crippen LogP contribution in [0, 0.1) is 6.07 Å². The molecular weight excluding hydrogens is 1860 g/mol. The SMILES string of the molecule is Brc1ccc2ccccc2c1.C1CCOC1.CC1(C)OB(c2ccc(-c3cnc4ccccc4c3)cc2)OC1(C)C.Clc1nc(-c2ccc3ccccc3c2)nc(-c2ccc3ccccc3c2)n1.Clc1nc(Cl)nc(Cl)n1.[B].[Br-].[Mg+2].[c-]1ccc2ccccc2c1.c1ccc2cc(-c3nc(-c4ccc(-c5cnc6ccccc6c5)cc4)nc(-c4ccc5ccccc5c4)n3)ccc2c1. The van der Waals surface area contributed by atoms with E-state index < -0.39 is 0 Å². The molecule has 2 aliphatic rings. The average Bonchev–Trinajstić information content (AvgIpc) is 1.66. The third-order valence-electron chi connectivity index (χ3n) is 22.4. The molecule has 23 heteroatoms. The van der Waals surface area contributed by atoms with Crippen LogP contribution in [0.2, 0.25) is 21.1 Å². The summed E-state index contributed by atoms with van der Waals surface area (Å²) in [5.74, 6) is 3.08. The molecule has 3 radical (unpaired) electrons. The van der Waals surface area contributed by atoms with E-state index in [1.807, 2.05) is 109 Å². The number of halogens is 6. The van der Waals surface area contributed by atoms with Crippen molar-refractivity contribution >= 4 is 193 Å². The average molecular weight is 1940 g/mol. The summed E-state index contributed by atoms with van der Waals surface area (Å²) in [6.45, 7) is 10.3. The van der Waals surface area contributed by atoms with Gasteiger partial charge in [-0.15, -0.1) is 16.8 Å². The molecule has 0 spiro atoms. The molecule has 132 heavy (non-hydrogen) atoms. The summed E-state index contributed by atoms with van der Waals surface area (Å²) in [6.07, 6.45) is 6.40. The molecule has 0 amide bonds. The first kappa shape index (κ1) is 95.9. The number of nitrogens with zero attached hydrogens (tertiary/aromatic N) is 11. The van der Waals surface area contributed by atoms with Gasteiger partial charge in [0.05, 0.1) is 22.2 Å². The smallest absolute Gasteiger partial charge is 1.00 e. The maximum Gasteiger partial charge on any atom is 2.00 e. The summed E-state index contributed by atoms with van der Waals surface area (Å²) in [5.41, 5.74) is 11.5. The maximum atomic E-state index is 6.22. The number of hydrogen-bond acceptors (Lipinski definition) is 14. The van der Waals surface area contributed by atoms with Crippen molar-refractivity contribution in [2.75, 3.05) is 13.2 Å². The molecule has 14 nitrogen and oxygen atoms in total. The molecule has 21 aromatic rings. The topological polar surface area (TPSA) is 169 Å². The van der Waals surface area contributed by atoms with Crippen molar-refractivity contribution in [3.05, 3.63) is 408 Å². The molecular formula is C109H82B2Br2Cl4MgN11O3. The van der Waals surface area contributed by atoms with E-state index in [1.165, 1.54) is 55.9 Å². The predicted octanol–water partition coefficient (Wildman–Crippen LogP) is 24.9. The largest absolute Gasteiger partial charge is 2.00 e. The van der Waals surface area contributed by atoms with Crippen molar-refractivity contribution in [2.24, 2.45) is 0 Å². The van der Waals surface area contributed by atoms with E-state index >= 15 is 0 Å². The third-order valence-corrected chi connectivity index (χ3v) is 23.6. The predicted molar refractivity (Wildman–Crippen MR) is 546 cm³/mol. The van der Waals surface area contributed by atoms with Crippen LogP contribution in [0.15, 0.2) is 381 Å². The summed E-state index contributed by atoms with van der Waals surface area (Å²) in [5, 5.41) is 16.9. The minimum Gasteiger partial charge on any atom is -1.00 e. The van der Waals surface area contributed by atoms with Gasteiger partial charge < -0.3 is 31.0 Å². The first-order chi connectivity index (χ1) is 62.9. The van der Waals surface area contributed by atoms with Gasteiger partial charge in [0.25, 0.3) is 0 Å². The summed E-state index contributed by atoms with van der Waals surface area (Å²) in [4.78, 5) is 47.9. The van der Waals surface area contributed by atoms with E-state index in [4.69, 9.17) is 75.4 Å². The van der Waals surface area contributed by atoms with Crippen molar-refractivity contribution in [3.8, 4) is 79.2 Å². The van der Waals surface area contributed by atoms with E-state index in [9.17, 15) is 0 Å². The molecule has 0 saturated carbocycles. The Morgan fingerprint density at radius 3 is 0.939 bits per heavy atom. The van der Waals surface area contributed by atoms with Crippen LogP contribution in [0.5, 0.6) is 0 Å². The Morgan fingerprint density at radius 1 is 0.295 bits per heavy atom. The minimum atomic E-state index is -0.325. The number of pyridine rings is 2. The van der Waals surface area contributed by atoms with Crippen LogP contribution in [0.25, 0.3) is 166 Å². The van der Waals surface area contributed by atoms with Crippen molar-refractivity contribution in [1.29, 1.82) is 0 Å². The van der Waals surface area contributed by atoms with Gasteiger partial charge >= 0.3 is 30.2 Å². The number of aromatic nitrogens is 11. The van der Waals surface area contributed by atoms with Gasteiger partial charge in [0.15, 0.2) is 29.1 Å². The monoisotopic (exact) mass is 1940 g/mol. The zero-order valence-electron chi connectivity index (χ0n) is 72.4. The Bertz CT molecular complexity index is 7260. The van der Waals surface area contributed by atoms with E-state index in [0.717, 1.165) is 117 Å². The molecule has 0 aliphatic carbocycles.